The van der Waals surface area contributed by atoms with Gasteiger partial charge in [0.15, 0.2) is 0 Å². The van der Waals surface area contributed by atoms with Crippen LogP contribution < -0.4 is 10.1 Å². The fourth-order valence-electron chi connectivity index (χ4n) is 3.05. The number of nitrogens with one attached hydrogen (secondary N) is 1. The molecule has 1 atom stereocenters. The van der Waals surface area contributed by atoms with Gasteiger partial charge in [-0.15, -0.1) is 0 Å². The molecule has 1 aromatic heterocycles. The normalized spacial score (nSPS) is 15.8. The molecule has 0 fully saturated rings. The molecule has 1 aliphatic carbocycles. The van der Waals surface area contributed by atoms with Gasteiger partial charge in [-0.1, -0.05) is 24.3 Å². The number of aromatic nitrogens is 1. The van der Waals surface area contributed by atoms with E-state index >= 15 is 0 Å². The minimum absolute atomic E-state index is 0.0671. The maximum absolute atomic E-state index is 12.4. The molecule has 120 valence electrons. The number of hydrogen-bond acceptors (Lipinski definition) is 3. The van der Waals surface area contributed by atoms with Crippen LogP contribution in [0.2, 0.25) is 0 Å². The highest BCUT2D eigenvalue weighted by Crippen LogP contribution is 2.34. The Morgan fingerprint density at radius 1 is 1.39 bits per heavy atom. The molecule has 3 rings (SSSR count). The first-order valence-corrected chi connectivity index (χ1v) is 7.76. The highest BCUT2D eigenvalue weighted by atomic mass is 16.5. The van der Waals surface area contributed by atoms with Crippen LogP contribution in [0, 0.1) is 0 Å². The number of nitrogens with zero attached hydrogens (tertiary/aromatic N) is 2. The van der Waals surface area contributed by atoms with E-state index in [-0.39, 0.29) is 12.1 Å². The van der Waals surface area contributed by atoms with Crippen molar-refractivity contribution >= 4 is 6.03 Å². The third-order valence-corrected chi connectivity index (χ3v) is 4.34. The SMILES string of the molecule is COc1cc(CNC(=O)N(C)[C@@H]2CCc3ccccc32)ccn1. The largest absolute Gasteiger partial charge is 0.481 e. The van der Waals surface area contributed by atoms with Crippen LogP contribution in [0.5, 0.6) is 5.88 Å². The minimum atomic E-state index is -0.0671. The molecule has 2 aromatic rings. The molecule has 23 heavy (non-hydrogen) atoms. The number of aryl methyl sites for hydroxylation is 1. The Balaban J connectivity index is 1.62. The Hall–Kier alpha value is -2.56. The van der Waals surface area contributed by atoms with Gasteiger partial charge in [0.05, 0.1) is 13.2 Å². The maximum atomic E-state index is 12.4. The third-order valence-electron chi connectivity index (χ3n) is 4.34. The molecule has 2 amide bonds. The lowest BCUT2D eigenvalue weighted by Gasteiger charge is -2.25. The molecule has 0 saturated heterocycles. The topological polar surface area (TPSA) is 54.5 Å². The number of ether oxygens (including phenoxy) is 1. The number of amides is 2. The Morgan fingerprint density at radius 3 is 3.04 bits per heavy atom. The Kier molecular flexibility index (Phi) is 4.46. The van der Waals surface area contributed by atoms with Gasteiger partial charge in [-0.25, -0.2) is 9.78 Å². The molecule has 5 heteroatoms. The molecule has 0 bridgehead atoms. The van der Waals surface area contributed by atoms with Crippen LogP contribution in [-0.4, -0.2) is 30.1 Å². The number of carbonyl (C=O) groups excluding carboxylic acids is 1. The van der Waals surface area contributed by atoms with E-state index in [1.807, 2.05) is 25.2 Å². The second kappa shape index (κ2) is 6.69. The predicted molar refractivity (Wildman–Crippen MR) is 88.3 cm³/mol. The maximum Gasteiger partial charge on any atom is 0.317 e. The van der Waals surface area contributed by atoms with Crippen molar-refractivity contribution in [3.05, 3.63) is 59.3 Å². The van der Waals surface area contributed by atoms with Crippen LogP contribution in [0.15, 0.2) is 42.6 Å². The second-order valence-corrected chi connectivity index (χ2v) is 5.73. The molecule has 1 heterocycles. The fraction of sp³-hybridized carbons (Fsp3) is 0.333. The number of pyridine rings is 1. The number of fused-ring (bicyclic) bond motifs is 1. The summed E-state index contributed by atoms with van der Waals surface area (Å²) in [6.07, 6.45) is 3.68. The van der Waals surface area contributed by atoms with Gasteiger partial charge < -0.3 is 15.0 Å². The summed E-state index contributed by atoms with van der Waals surface area (Å²) in [5.74, 6) is 0.551. The summed E-state index contributed by atoms with van der Waals surface area (Å²) in [6, 6.07) is 12.1. The Morgan fingerprint density at radius 2 is 2.22 bits per heavy atom. The zero-order chi connectivity index (χ0) is 16.2. The number of benzene rings is 1. The molecular weight excluding hydrogens is 290 g/mol. The summed E-state index contributed by atoms with van der Waals surface area (Å²) in [4.78, 5) is 18.3. The van der Waals surface area contributed by atoms with Crippen molar-refractivity contribution in [2.24, 2.45) is 0 Å². The first-order chi connectivity index (χ1) is 11.2. The van der Waals surface area contributed by atoms with Crippen LogP contribution in [0.4, 0.5) is 4.79 Å². The summed E-state index contributed by atoms with van der Waals surface area (Å²) in [5, 5.41) is 2.96. The summed E-state index contributed by atoms with van der Waals surface area (Å²) in [5.41, 5.74) is 3.57. The van der Waals surface area contributed by atoms with Crippen molar-refractivity contribution in [3.8, 4) is 5.88 Å². The minimum Gasteiger partial charge on any atom is -0.481 e. The van der Waals surface area contributed by atoms with Crippen LogP contribution >= 0.6 is 0 Å². The molecule has 1 aromatic carbocycles. The first kappa shape index (κ1) is 15.3. The number of urea groups is 1. The summed E-state index contributed by atoms with van der Waals surface area (Å²) in [7, 11) is 3.44. The second-order valence-electron chi connectivity index (χ2n) is 5.73. The third kappa shape index (κ3) is 3.28. The van der Waals surface area contributed by atoms with E-state index in [1.54, 1.807) is 18.2 Å². The van der Waals surface area contributed by atoms with E-state index in [9.17, 15) is 4.79 Å². The van der Waals surface area contributed by atoms with Crippen LogP contribution in [0.1, 0.15) is 29.2 Å². The number of rotatable bonds is 4. The van der Waals surface area contributed by atoms with Crippen LogP contribution in [0.3, 0.4) is 0 Å². The number of methoxy groups -OCH3 is 1. The van der Waals surface area contributed by atoms with Crippen molar-refractivity contribution in [1.29, 1.82) is 0 Å². The number of carbonyl (C=O) groups is 1. The van der Waals surface area contributed by atoms with Gasteiger partial charge >= 0.3 is 6.03 Å². The number of hydrogen-bond donors (Lipinski definition) is 1. The lowest BCUT2D eigenvalue weighted by Crippen LogP contribution is -2.38. The van der Waals surface area contributed by atoms with Gasteiger partial charge in [0.2, 0.25) is 5.88 Å². The quantitative estimate of drug-likeness (QED) is 0.944. The van der Waals surface area contributed by atoms with Gasteiger partial charge in [-0.05, 0) is 35.6 Å². The van der Waals surface area contributed by atoms with Gasteiger partial charge in [0.1, 0.15) is 0 Å². The van der Waals surface area contributed by atoms with E-state index in [1.165, 1.54) is 11.1 Å². The zero-order valence-electron chi connectivity index (χ0n) is 13.5. The zero-order valence-corrected chi connectivity index (χ0v) is 13.5. The highest BCUT2D eigenvalue weighted by Gasteiger charge is 2.28. The van der Waals surface area contributed by atoms with E-state index in [0.717, 1.165) is 18.4 Å². The highest BCUT2D eigenvalue weighted by molar-refractivity contribution is 5.74. The van der Waals surface area contributed by atoms with Crippen molar-refractivity contribution < 1.29 is 9.53 Å². The summed E-state index contributed by atoms with van der Waals surface area (Å²) < 4.78 is 5.10. The van der Waals surface area contributed by atoms with Gasteiger partial charge in [0.25, 0.3) is 0 Å². The van der Waals surface area contributed by atoms with Crippen LogP contribution in [0.25, 0.3) is 0 Å². The van der Waals surface area contributed by atoms with Crippen LogP contribution in [-0.2, 0) is 13.0 Å². The molecule has 0 saturated carbocycles. The average Bonchev–Trinajstić information content (AvgIpc) is 3.03. The Labute approximate surface area is 136 Å². The first-order valence-electron chi connectivity index (χ1n) is 7.76. The molecule has 0 aliphatic heterocycles. The molecule has 0 unspecified atom stereocenters. The molecule has 0 spiro atoms. The lowest BCUT2D eigenvalue weighted by molar-refractivity contribution is 0.190. The van der Waals surface area contributed by atoms with E-state index < -0.39 is 0 Å². The van der Waals surface area contributed by atoms with Gasteiger partial charge in [-0.2, -0.15) is 0 Å². The van der Waals surface area contributed by atoms with Crippen molar-refractivity contribution in [2.45, 2.75) is 25.4 Å². The predicted octanol–water partition coefficient (Wildman–Crippen LogP) is 2.92. The smallest absolute Gasteiger partial charge is 0.317 e. The summed E-state index contributed by atoms with van der Waals surface area (Å²) >= 11 is 0. The van der Waals surface area contributed by atoms with E-state index in [4.69, 9.17) is 4.74 Å². The average molecular weight is 311 g/mol. The Bertz CT molecular complexity index is 702. The fourth-order valence-corrected chi connectivity index (χ4v) is 3.05. The molecular formula is C18H21N3O2. The van der Waals surface area contributed by atoms with Gasteiger partial charge in [0, 0.05) is 25.9 Å². The molecule has 1 N–H and O–H groups in total. The monoisotopic (exact) mass is 311 g/mol. The van der Waals surface area contributed by atoms with Crippen molar-refractivity contribution in [2.75, 3.05) is 14.2 Å². The molecule has 5 nitrogen and oxygen atoms in total. The summed E-state index contributed by atoms with van der Waals surface area (Å²) in [6.45, 7) is 0.455. The van der Waals surface area contributed by atoms with Gasteiger partial charge in [-0.3, -0.25) is 0 Å². The van der Waals surface area contributed by atoms with Crippen molar-refractivity contribution in [3.63, 3.8) is 0 Å². The molecule has 1 aliphatic rings. The molecule has 0 radical (unpaired) electrons. The standard InChI is InChI=1S/C18H21N3O2/c1-21(16-8-7-14-5-3-4-6-15(14)16)18(22)20-12-13-9-10-19-17(11-13)23-2/h3-6,9-11,16H,7-8,12H2,1-2H3,(H,20,22)/t16-/m1/s1. The van der Waals surface area contributed by atoms with E-state index in [0.29, 0.717) is 12.4 Å². The lowest BCUT2D eigenvalue weighted by atomic mass is 10.1. The van der Waals surface area contributed by atoms with Crippen molar-refractivity contribution in [1.82, 2.24) is 15.2 Å². The van der Waals surface area contributed by atoms with E-state index in [2.05, 4.69) is 28.5 Å².